The molecule has 2 aromatic rings. The van der Waals surface area contributed by atoms with Gasteiger partial charge in [0.05, 0.1) is 22.2 Å². The first-order chi connectivity index (χ1) is 14.2. The highest BCUT2D eigenvalue weighted by atomic mass is 32.2. The molecular formula is C27H33O2S. The Morgan fingerprint density at radius 2 is 1.33 bits per heavy atom. The molecule has 1 aliphatic rings. The molecule has 3 rings (SSSR count). The number of aliphatic hydroxyl groups is 1. The Labute approximate surface area is 185 Å². The van der Waals surface area contributed by atoms with Crippen LogP contribution >= 0.6 is 0 Å². The van der Waals surface area contributed by atoms with Gasteiger partial charge in [-0.15, -0.1) is 0 Å². The van der Waals surface area contributed by atoms with Gasteiger partial charge in [-0.3, -0.25) is 4.21 Å². The fourth-order valence-corrected chi connectivity index (χ4v) is 5.67. The lowest BCUT2D eigenvalue weighted by molar-refractivity contribution is 0.199. The molecule has 30 heavy (non-hydrogen) atoms. The number of hydrogen-bond acceptors (Lipinski definition) is 2. The van der Waals surface area contributed by atoms with Crippen LogP contribution in [0.25, 0.3) is 0 Å². The third kappa shape index (κ3) is 4.73. The van der Waals surface area contributed by atoms with E-state index < -0.39 is 16.9 Å². The van der Waals surface area contributed by atoms with Crippen LogP contribution < -0.4 is 0 Å². The van der Waals surface area contributed by atoms with Crippen LogP contribution in [0.5, 0.6) is 0 Å². The second-order valence-electron chi connectivity index (χ2n) is 8.92. The smallest absolute Gasteiger partial charge is 0.0871 e. The molecule has 0 amide bonds. The van der Waals surface area contributed by atoms with Crippen LogP contribution in [0.4, 0.5) is 0 Å². The lowest BCUT2D eigenvalue weighted by atomic mass is 9.89. The van der Waals surface area contributed by atoms with Crippen molar-refractivity contribution in [2.75, 3.05) is 0 Å². The molecule has 5 radical (unpaired) electrons. The minimum absolute atomic E-state index is 0.262. The first-order valence-electron chi connectivity index (χ1n) is 10.8. The van der Waals surface area contributed by atoms with Crippen LogP contribution in [0.1, 0.15) is 87.7 Å². The Morgan fingerprint density at radius 3 is 1.83 bits per heavy atom. The number of rotatable bonds is 7. The SMILES string of the molecule is CC(C)c1cc(C(C)C)c([S@](=O)[C]2[CH][CH][CH][C]2[C@@H](O)c2ccccc2)c(C(C)C)c1. The highest BCUT2D eigenvalue weighted by Crippen LogP contribution is 2.47. The van der Waals surface area contributed by atoms with Gasteiger partial charge in [0.25, 0.3) is 0 Å². The first kappa shape index (κ1) is 23.2. The van der Waals surface area contributed by atoms with Gasteiger partial charge in [0.15, 0.2) is 0 Å². The van der Waals surface area contributed by atoms with Crippen molar-refractivity contribution in [1.82, 2.24) is 0 Å². The Hall–Kier alpha value is -1.45. The van der Waals surface area contributed by atoms with Gasteiger partial charge < -0.3 is 5.11 Å². The van der Waals surface area contributed by atoms with E-state index in [0.717, 1.165) is 27.5 Å². The maximum atomic E-state index is 14.0. The number of hydrogen-bond donors (Lipinski definition) is 1. The van der Waals surface area contributed by atoms with Crippen LogP contribution in [0, 0.1) is 30.4 Å². The summed E-state index contributed by atoms with van der Waals surface area (Å²) < 4.78 is 14.0. The van der Waals surface area contributed by atoms with Crippen LogP contribution in [0.2, 0.25) is 0 Å². The molecule has 0 unspecified atom stereocenters. The summed E-state index contributed by atoms with van der Waals surface area (Å²) in [5.41, 5.74) is 4.38. The molecule has 0 aromatic heterocycles. The van der Waals surface area contributed by atoms with Crippen molar-refractivity contribution < 1.29 is 9.32 Å². The molecule has 1 N–H and O–H groups in total. The maximum Gasteiger partial charge on any atom is 0.0871 e. The van der Waals surface area contributed by atoms with E-state index in [1.165, 1.54) is 5.56 Å². The fourth-order valence-electron chi connectivity index (χ4n) is 3.84. The standard InChI is InChI=1S/C27H33O2S/c1-17(2)21-15-23(18(3)4)27(24(16-21)19(5)6)30(29)25-14-10-13-22(25)26(28)20-11-8-7-9-12-20/h7-19,26,28H,1-6H3/t26-,30+/m0/s1. The monoisotopic (exact) mass is 421 g/mol. The van der Waals surface area contributed by atoms with Crippen LogP contribution in [-0.4, -0.2) is 9.32 Å². The van der Waals surface area contributed by atoms with E-state index in [1.54, 1.807) is 0 Å². The molecule has 1 saturated carbocycles. The summed E-state index contributed by atoms with van der Waals surface area (Å²) >= 11 is 0. The summed E-state index contributed by atoms with van der Waals surface area (Å²) in [6.45, 7) is 13.0. The fraction of sp³-hybridized carbons (Fsp3) is 0.370. The number of aliphatic hydroxyl groups excluding tert-OH is 1. The largest absolute Gasteiger partial charge is 0.388 e. The molecule has 0 spiro atoms. The number of benzene rings is 2. The summed E-state index contributed by atoms with van der Waals surface area (Å²) in [6.07, 6.45) is 4.88. The zero-order valence-corrected chi connectivity index (χ0v) is 19.7. The minimum atomic E-state index is -1.37. The van der Waals surface area contributed by atoms with E-state index in [0.29, 0.717) is 11.2 Å². The van der Waals surface area contributed by atoms with E-state index in [4.69, 9.17) is 0 Å². The molecule has 3 heteroatoms. The molecular weight excluding hydrogens is 388 g/mol. The second-order valence-corrected chi connectivity index (χ2v) is 10.3. The molecule has 2 nitrogen and oxygen atoms in total. The first-order valence-corrected chi connectivity index (χ1v) is 11.9. The zero-order valence-electron chi connectivity index (χ0n) is 18.8. The molecule has 0 bridgehead atoms. The summed E-state index contributed by atoms with van der Waals surface area (Å²) in [4.78, 5) is 0.914. The van der Waals surface area contributed by atoms with E-state index in [9.17, 15) is 9.32 Å². The van der Waals surface area contributed by atoms with E-state index in [1.807, 2.05) is 49.6 Å². The van der Waals surface area contributed by atoms with E-state index in [2.05, 4.69) is 53.7 Å². The molecule has 0 heterocycles. The van der Waals surface area contributed by atoms with Gasteiger partial charge in [0.2, 0.25) is 0 Å². The molecule has 2 aromatic carbocycles. The van der Waals surface area contributed by atoms with Crippen molar-refractivity contribution in [1.29, 1.82) is 0 Å². The summed E-state index contributed by atoms with van der Waals surface area (Å²) in [5.74, 6) is 1.66. The van der Waals surface area contributed by atoms with Crippen molar-refractivity contribution in [3.63, 3.8) is 0 Å². The zero-order chi connectivity index (χ0) is 22.0. The third-order valence-corrected chi connectivity index (χ3v) is 7.30. The Morgan fingerprint density at radius 1 is 0.767 bits per heavy atom. The maximum absolute atomic E-state index is 14.0. The van der Waals surface area contributed by atoms with E-state index >= 15 is 0 Å². The van der Waals surface area contributed by atoms with Crippen molar-refractivity contribution in [3.05, 3.63) is 95.1 Å². The Bertz CT molecular complexity index is 841. The molecule has 0 saturated heterocycles. The van der Waals surface area contributed by atoms with Gasteiger partial charge in [0.1, 0.15) is 0 Å². The molecule has 159 valence electrons. The van der Waals surface area contributed by atoms with Crippen molar-refractivity contribution in [2.45, 2.75) is 70.3 Å². The molecule has 0 aliphatic heterocycles. The Kier molecular flexibility index (Phi) is 7.57. The topological polar surface area (TPSA) is 37.3 Å². The average Bonchev–Trinajstić information content (AvgIpc) is 3.22. The lowest BCUT2D eigenvalue weighted by Crippen LogP contribution is -2.20. The third-order valence-electron chi connectivity index (χ3n) is 5.68. The van der Waals surface area contributed by atoms with Crippen LogP contribution in [0.15, 0.2) is 47.4 Å². The summed E-state index contributed by atoms with van der Waals surface area (Å²) in [6, 6.07) is 14.0. The predicted octanol–water partition coefficient (Wildman–Crippen LogP) is 6.63. The van der Waals surface area contributed by atoms with Crippen molar-refractivity contribution >= 4 is 10.8 Å². The lowest BCUT2D eigenvalue weighted by Gasteiger charge is -2.27. The van der Waals surface area contributed by atoms with Crippen molar-refractivity contribution in [3.8, 4) is 0 Å². The summed E-state index contributed by atoms with van der Waals surface area (Å²) in [5, 5.41) is 11.7. The van der Waals surface area contributed by atoms with Crippen molar-refractivity contribution in [2.24, 2.45) is 0 Å². The van der Waals surface area contributed by atoms with Crippen LogP contribution in [0.3, 0.4) is 0 Å². The molecule has 1 aliphatic carbocycles. The minimum Gasteiger partial charge on any atom is -0.388 e. The average molecular weight is 422 g/mol. The predicted molar refractivity (Wildman–Crippen MR) is 126 cm³/mol. The summed E-state index contributed by atoms with van der Waals surface area (Å²) in [7, 11) is -1.37. The highest BCUT2D eigenvalue weighted by molar-refractivity contribution is 7.88. The van der Waals surface area contributed by atoms with Gasteiger partial charge >= 0.3 is 0 Å². The normalized spacial score (nSPS) is 17.9. The highest BCUT2D eigenvalue weighted by Gasteiger charge is 2.41. The van der Waals surface area contributed by atoms with Gasteiger partial charge in [0, 0.05) is 10.8 Å². The van der Waals surface area contributed by atoms with Crippen LogP contribution in [-0.2, 0) is 10.8 Å². The van der Waals surface area contributed by atoms with Gasteiger partial charge in [-0.1, -0.05) is 84.0 Å². The molecule has 1 fully saturated rings. The van der Waals surface area contributed by atoms with E-state index in [-0.39, 0.29) is 11.8 Å². The second kappa shape index (κ2) is 9.78. The van der Waals surface area contributed by atoms with Gasteiger partial charge in [-0.2, -0.15) is 0 Å². The quantitative estimate of drug-likeness (QED) is 0.545. The Balaban J connectivity index is 2.04. The van der Waals surface area contributed by atoms with Gasteiger partial charge in [-0.25, -0.2) is 0 Å². The van der Waals surface area contributed by atoms with Gasteiger partial charge in [-0.05, 0) is 59.3 Å². The molecule has 2 atom stereocenters.